The summed E-state index contributed by atoms with van der Waals surface area (Å²) in [7, 11) is 0. The van der Waals surface area contributed by atoms with Crippen LogP contribution in [0.15, 0.2) is 297 Å². The standard InChI is InChI=1S/C75H49NS/c1-3-20-59(21-4-1)75(60-22-5-2-6-23-60)69-28-13-11-25-65(69)66-45-40-58(49-70(66)75)54-38-43-62(44-39-54)76(61-41-36-52(37-42-61)51-30-32-53(33-31-51)57-35-34-50-16-7-8-18-56(50)48-57)71-47-46-67(64-27-15-19-55-17-9-10-24-63(55)64)74-73(71)68-26-12-14-29-72(68)77-74/h1-49H. The fourth-order valence-corrected chi connectivity index (χ4v) is 13.8. The Morgan fingerprint density at radius 2 is 0.766 bits per heavy atom. The summed E-state index contributed by atoms with van der Waals surface area (Å²) in [6.45, 7) is 0. The molecule has 0 radical (unpaired) electrons. The molecule has 14 aromatic rings. The number of fused-ring (bicyclic) bond motifs is 8. The van der Waals surface area contributed by atoms with Crippen LogP contribution in [0.1, 0.15) is 22.3 Å². The molecule has 2 heteroatoms. The van der Waals surface area contributed by atoms with Crippen molar-refractivity contribution in [1.29, 1.82) is 0 Å². The molecule has 0 saturated heterocycles. The zero-order valence-corrected chi connectivity index (χ0v) is 43.0. The minimum absolute atomic E-state index is 0.473. The highest BCUT2D eigenvalue weighted by Crippen LogP contribution is 2.57. The highest BCUT2D eigenvalue weighted by molar-refractivity contribution is 7.26. The molecular weight excluding hydrogens is 947 g/mol. The molecule has 0 fully saturated rings. The molecule has 0 bridgehead atoms. The van der Waals surface area contributed by atoms with E-state index in [1.54, 1.807) is 0 Å². The first-order chi connectivity index (χ1) is 38.2. The van der Waals surface area contributed by atoms with Crippen LogP contribution >= 0.6 is 11.3 Å². The van der Waals surface area contributed by atoms with Gasteiger partial charge in [-0.1, -0.05) is 249 Å². The first-order valence-corrected chi connectivity index (χ1v) is 27.4. The topological polar surface area (TPSA) is 3.24 Å². The fraction of sp³-hybridized carbons (Fsp3) is 0.0133. The summed E-state index contributed by atoms with van der Waals surface area (Å²) in [5.41, 5.74) is 20.2. The lowest BCUT2D eigenvalue weighted by Gasteiger charge is -2.34. The molecule has 1 nitrogen and oxygen atoms in total. The van der Waals surface area contributed by atoms with E-state index in [9.17, 15) is 0 Å². The van der Waals surface area contributed by atoms with Crippen molar-refractivity contribution in [3.8, 4) is 55.6 Å². The fourth-order valence-electron chi connectivity index (χ4n) is 12.6. The zero-order valence-electron chi connectivity index (χ0n) is 42.1. The molecule has 0 saturated carbocycles. The predicted octanol–water partition coefficient (Wildman–Crippen LogP) is 20.9. The second-order valence-electron chi connectivity index (χ2n) is 20.3. The van der Waals surface area contributed by atoms with E-state index in [4.69, 9.17) is 0 Å². The number of anilines is 3. The van der Waals surface area contributed by atoms with E-state index in [0.29, 0.717) is 0 Å². The second kappa shape index (κ2) is 18.4. The van der Waals surface area contributed by atoms with Crippen LogP contribution in [0.2, 0.25) is 0 Å². The van der Waals surface area contributed by atoms with Gasteiger partial charge in [0.25, 0.3) is 0 Å². The molecule has 0 atom stereocenters. The normalized spacial score (nSPS) is 12.5. The highest BCUT2D eigenvalue weighted by atomic mass is 32.1. The number of nitrogens with zero attached hydrogens (tertiary/aromatic N) is 1. The third-order valence-corrected chi connectivity index (χ3v) is 17.4. The molecule has 0 spiro atoms. The Morgan fingerprint density at radius 3 is 1.47 bits per heavy atom. The summed E-state index contributed by atoms with van der Waals surface area (Å²) >= 11 is 1.89. The van der Waals surface area contributed by atoms with Crippen LogP contribution in [0.3, 0.4) is 0 Å². The van der Waals surface area contributed by atoms with Crippen molar-refractivity contribution in [3.05, 3.63) is 320 Å². The summed E-state index contributed by atoms with van der Waals surface area (Å²) in [6, 6.07) is 110. The number of hydrogen-bond acceptors (Lipinski definition) is 2. The Kier molecular flexibility index (Phi) is 10.7. The van der Waals surface area contributed by atoms with E-state index in [2.05, 4.69) is 302 Å². The molecule has 360 valence electrons. The second-order valence-corrected chi connectivity index (χ2v) is 21.4. The van der Waals surface area contributed by atoms with Gasteiger partial charge >= 0.3 is 0 Å². The number of hydrogen-bond donors (Lipinski definition) is 0. The van der Waals surface area contributed by atoms with Gasteiger partial charge in [-0.15, -0.1) is 11.3 Å². The van der Waals surface area contributed by atoms with Crippen molar-refractivity contribution in [2.24, 2.45) is 0 Å². The van der Waals surface area contributed by atoms with Gasteiger partial charge in [-0.05, 0) is 142 Å². The van der Waals surface area contributed by atoms with Crippen LogP contribution in [0.5, 0.6) is 0 Å². The van der Waals surface area contributed by atoms with Crippen molar-refractivity contribution in [1.82, 2.24) is 0 Å². The van der Waals surface area contributed by atoms with Gasteiger partial charge in [0, 0.05) is 37.1 Å². The van der Waals surface area contributed by atoms with E-state index in [-0.39, 0.29) is 0 Å². The monoisotopic (exact) mass is 995 g/mol. The van der Waals surface area contributed by atoms with Crippen LogP contribution in [0, 0.1) is 0 Å². The number of rotatable bonds is 9. The van der Waals surface area contributed by atoms with Crippen molar-refractivity contribution in [2.75, 3.05) is 4.90 Å². The summed E-state index contributed by atoms with van der Waals surface area (Å²) in [4.78, 5) is 2.47. The lowest BCUT2D eigenvalue weighted by molar-refractivity contribution is 0.769. The summed E-state index contributed by atoms with van der Waals surface area (Å²) in [5.74, 6) is 0. The minimum Gasteiger partial charge on any atom is -0.310 e. The lowest BCUT2D eigenvalue weighted by atomic mass is 9.67. The average Bonchev–Trinajstić information content (AvgIpc) is 4.28. The maximum atomic E-state index is 2.47. The van der Waals surface area contributed by atoms with Gasteiger partial charge in [-0.3, -0.25) is 0 Å². The van der Waals surface area contributed by atoms with Gasteiger partial charge in [-0.25, -0.2) is 0 Å². The third kappa shape index (κ3) is 7.36. The maximum Gasteiger partial charge on any atom is 0.0713 e. The van der Waals surface area contributed by atoms with Gasteiger partial charge < -0.3 is 4.90 Å². The zero-order chi connectivity index (χ0) is 50.9. The molecule has 0 N–H and O–H groups in total. The van der Waals surface area contributed by atoms with Gasteiger partial charge in [0.15, 0.2) is 0 Å². The first-order valence-electron chi connectivity index (χ1n) is 26.6. The quantitative estimate of drug-likeness (QED) is 0.139. The molecule has 13 aromatic carbocycles. The van der Waals surface area contributed by atoms with Gasteiger partial charge in [0.05, 0.1) is 11.1 Å². The summed E-state index contributed by atoms with van der Waals surface area (Å²) in [5, 5.41) is 7.52. The van der Waals surface area contributed by atoms with Crippen LogP contribution in [-0.4, -0.2) is 0 Å². The third-order valence-electron chi connectivity index (χ3n) is 16.2. The first kappa shape index (κ1) is 44.8. The Labute approximate surface area is 452 Å². The van der Waals surface area contributed by atoms with Crippen LogP contribution < -0.4 is 4.90 Å². The van der Waals surface area contributed by atoms with Crippen molar-refractivity contribution in [2.45, 2.75) is 5.41 Å². The Bertz CT molecular complexity index is 4490. The van der Waals surface area contributed by atoms with E-state index >= 15 is 0 Å². The van der Waals surface area contributed by atoms with E-state index in [1.165, 1.54) is 120 Å². The van der Waals surface area contributed by atoms with Crippen LogP contribution in [0.4, 0.5) is 17.1 Å². The molecule has 1 aliphatic rings. The maximum absolute atomic E-state index is 2.47. The molecule has 0 aliphatic heterocycles. The van der Waals surface area contributed by atoms with Gasteiger partial charge in [-0.2, -0.15) is 0 Å². The van der Waals surface area contributed by atoms with Gasteiger partial charge in [0.1, 0.15) is 0 Å². The molecular formula is C75H49NS. The molecule has 1 aliphatic carbocycles. The summed E-state index contributed by atoms with van der Waals surface area (Å²) < 4.78 is 2.55. The molecule has 0 amide bonds. The SMILES string of the molecule is c1ccc(C2(c3ccccc3)c3ccccc3-c3ccc(-c4ccc(N(c5ccc(-c6ccc(-c7ccc8ccccc8c7)cc6)cc5)c5ccc(-c6cccc7ccccc67)c6sc7ccccc7c56)cc4)cc32)cc1. The van der Waals surface area contributed by atoms with Crippen molar-refractivity contribution < 1.29 is 0 Å². The molecule has 1 aromatic heterocycles. The Morgan fingerprint density at radius 1 is 0.286 bits per heavy atom. The van der Waals surface area contributed by atoms with Crippen LogP contribution in [-0.2, 0) is 5.41 Å². The minimum atomic E-state index is -0.473. The Hall–Kier alpha value is -9.60. The molecule has 77 heavy (non-hydrogen) atoms. The predicted molar refractivity (Wildman–Crippen MR) is 328 cm³/mol. The molecule has 15 rings (SSSR count). The number of benzene rings is 13. The lowest BCUT2D eigenvalue weighted by Crippen LogP contribution is -2.28. The van der Waals surface area contributed by atoms with Crippen molar-refractivity contribution >= 4 is 70.1 Å². The van der Waals surface area contributed by atoms with Crippen molar-refractivity contribution in [3.63, 3.8) is 0 Å². The van der Waals surface area contributed by atoms with Gasteiger partial charge in [0.2, 0.25) is 0 Å². The number of thiophene rings is 1. The summed E-state index contributed by atoms with van der Waals surface area (Å²) in [6.07, 6.45) is 0. The van der Waals surface area contributed by atoms with E-state index in [1.807, 2.05) is 11.3 Å². The smallest absolute Gasteiger partial charge is 0.0713 e. The van der Waals surface area contributed by atoms with Crippen LogP contribution in [0.25, 0.3) is 97.4 Å². The molecule has 1 heterocycles. The van der Waals surface area contributed by atoms with E-state index < -0.39 is 5.41 Å². The van der Waals surface area contributed by atoms with E-state index in [0.717, 1.165) is 17.1 Å². The largest absolute Gasteiger partial charge is 0.310 e. The average molecular weight is 996 g/mol. The Balaban J connectivity index is 0.868. The highest BCUT2D eigenvalue weighted by Gasteiger charge is 2.46. The molecule has 0 unspecified atom stereocenters.